The molecule has 0 atom stereocenters. The number of aromatic nitrogens is 1. The van der Waals surface area contributed by atoms with E-state index in [-0.39, 0.29) is 11.8 Å². The second kappa shape index (κ2) is 18.9. The number of ether oxygens (including phenoxy) is 1. The number of benzene rings is 1. The van der Waals surface area contributed by atoms with Crippen molar-refractivity contribution in [2.75, 3.05) is 26.2 Å². The van der Waals surface area contributed by atoms with Gasteiger partial charge in [-0.1, -0.05) is 50.6 Å². The molecule has 2 aromatic rings. The molecule has 2 N–H and O–H groups in total. The normalized spacial score (nSPS) is 14.2. The third-order valence-corrected chi connectivity index (χ3v) is 6.91. The van der Waals surface area contributed by atoms with E-state index in [4.69, 9.17) is 19.5 Å². The summed E-state index contributed by atoms with van der Waals surface area (Å²) in [6.45, 7) is 5.83. The van der Waals surface area contributed by atoms with Gasteiger partial charge in [-0.2, -0.15) is 0 Å². The lowest BCUT2D eigenvalue weighted by molar-refractivity contribution is -0.144. The van der Waals surface area contributed by atoms with E-state index in [0.29, 0.717) is 36.6 Å². The Kier molecular flexibility index (Phi) is 15.6. The Morgan fingerprint density at radius 3 is 2.30 bits per heavy atom. The molecule has 40 heavy (non-hydrogen) atoms. The van der Waals surface area contributed by atoms with Gasteiger partial charge in [-0.25, -0.2) is 14.0 Å². The quantitative estimate of drug-likeness (QED) is 0.137. The zero-order valence-corrected chi connectivity index (χ0v) is 23.5. The van der Waals surface area contributed by atoms with Gasteiger partial charge in [-0.05, 0) is 63.9 Å². The van der Waals surface area contributed by atoms with Crippen molar-refractivity contribution >= 4 is 28.8 Å². The second-order valence-corrected chi connectivity index (χ2v) is 10.1. The van der Waals surface area contributed by atoms with Crippen LogP contribution in [0.2, 0.25) is 0 Å². The predicted molar refractivity (Wildman–Crippen MR) is 150 cm³/mol. The second-order valence-electron chi connectivity index (χ2n) is 10.1. The van der Waals surface area contributed by atoms with E-state index in [1.807, 2.05) is 0 Å². The van der Waals surface area contributed by atoms with Gasteiger partial charge >= 0.3 is 17.9 Å². The number of carbonyl (C=O) groups is 3. The van der Waals surface area contributed by atoms with Crippen molar-refractivity contribution in [2.24, 2.45) is 0 Å². The van der Waals surface area contributed by atoms with Crippen LogP contribution in [0.3, 0.4) is 0 Å². The van der Waals surface area contributed by atoms with Gasteiger partial charge in [0, 0.05) is 35.9 Å². The van der Waals surface area contributed by atoms with Gasteiger partial charge in [0.2, 0.25) is 0 Å². The molecule has 1 aromatic heterocycles. The van der Waals surface area contributed by atoms with E-state index in [1.54, 1.807) is 6.07 Å². The smallest absolute Gasteiger partial charge is 0.328 e. The van der Waals surface area contributed by atoms with Gasteiger partial charge in [-0.3, -0.25) is 4.79 Å². The van der Waals surface area contributed by atoms with Crippen LogP contribution in [0.15, 0.2) is 34.9 Å². The maximum absolute atomic E-state index is 13.4. The number of piperidine rings is 1. The van der Waals surface area contributed by atoms with Crippen LogP contribution < -0.4 is 0 Å². The van der Waals surface area contributed by atoms with Crippen LogP contribution in [0.1, 0.15) is 95.7 Å². The molecule has 0 spiro atoms. The Bertz CT molecular complexity index is 1060. The van der Waals surface area contributed by atoms with Crippen LogP contribution in [0.4, 0.5) is 4.39 Å². The number of carboxylic acids is 2. The summed E-state index contributed by atoms with van der Waals surface area (Å²) >= 11 is 0. The molecule has 1 aliphatic heterocycles. The fourth-order valence-corrected chi connectivity index (χ4v) is 4.71. The molecule has 0 saturated carbocycles. The van der Waals surface area contributed by atoms with Gasteiger partial charge in [0.25, 0.3) is 0 Å². The number of hydrogen-bond acceptors (Lipinski definition) is 7. The summed E-state index contributed by atoms with van der Waals surface area (Å²) < 4.78 is 24.3. The molecule has 222 valence electrons. The van der Waals surface area contributed by atoms with Crippen LogP contribution in [0, 0.1) is 5.82 Å². The highest BCUT2D eigenvalue weighted by Gasteiger charge is 2.25. The first-order valence-corrected chi connectivity index (χ1v) is 14.4. The molecule has 1 aliphatic rings. The van der Waals surface area contributed by atoms with E-state index >= 15 is 0 Å². The zero-order valence-electron chi connectivity index (χ0n) is 23.5. The van der Waals surface area contributed by atoms with Gasteiger partial charge < -0.3 is 24.4 Å². The summed E-state index contributed by atoms with van der Waals surface area (Å²) in [6.07, 6.45) is 14.2. The molecule has 0 amide bonds. The van der Waals surface area contributed by atoms with E-state index in [9.17, 15) is 18.8 Å². The molecular weight excluding hydrogens is 519 g/mol. The summed E-state index contributed by atoms with van der Waals surface area (Å²) in [5.74, 6) is -1.60. The Labute approximate surface area is 235 Å². The lowest BCUT2D eigenvalue weighted by Crippen LogP contribution is -2.33. The number of unbranched alkanes of at least 4 members (excludes halogenated alkanes) is 7. The molecule has 0 unspecified atom stereocenters. The fourth-order valence-electron chi connectivity index (χ4n) is 4.71. The fraction of sp³-hybridized carbons (Fsp3) is 0.600. The summed E-state index contributed by atoms with van der Waals surface area (Å²) in [5.41, 5.74) is 0.601. The van der Waals surface area contributed by atoms with E-state index < -0.39 is 11.9 Å². The lowest BCUT2D eigenvalue weighted by atomic mass is 9.92. The van der Waals surface area contributed by atoms with Gasteiger partial charge in [-0.15, -0.1) is 0 Å². The molecule has 1 fully saturated rings. The summed E-state index contributed by atoms with van der Waals surface area (Å²) in [6, 6.07) is 4.68. The number of rotatable bonds is 16. The van der Waals surface area contributed by atoms with Crippen molar-refractivity contribution in [3.63, 3.8) is 0 Å². The van der Waals surface area contributed by atoms with Gasteiger partial charge in [0.1, 0.15) is 17.1 Å². The molecule has 2 heterocycles. The topological polar surface area (TPSA) is 130 Å². The molecule has 3 rings (SSSR count). The zero-order chi connectivity index (χ0) is 29.2. The molecule has 0 bridgehead atoms. The van der Waals surface area contributed by atoms with Crippen LogP contribution in [0.5, 0.6) is 0 Å². The summed E-state index contributed by atoms with van der Waals surface area (Å²) in [5, 5.41) is 20.6. The van der Waals surface area contributed by atoms with Crippen molar-refractivity contribution in [1.82, 2.24) is 10.1 Å². The number of hydrogen-bond donors (Lipinski definition) is 2. The maximum atomic E-state index is 13.4. The first kappa shape index (κ1) is 32.9. The molecule has 9 nitrogen and oxygen atoms in total. The van der Waals surface area contributed by atoms with Crippen molar-refractivity contribution in [3.8, 4) is 0 Å². The Morgan fingerprint density at radius 1 is 1.00 bits per heavy atom. The standard InChI is InChI=1S/C26H39FN2O3.C4H4O4/c1-2-3-4-5-6-7-8-11-25(30)31-19-10-9-16-29-17-14-21(15-18-29)26-23-13-12-22(27)20-24(23)28-32-26;5-3(6)1-2-4(7)8/h12-13,20-21H,2-11,14-19H2,1H3;1-2H,(H,5,6)(H,7,8)/b;2-1+. The lowest BCUT2D eigenvalue weighted by Gasteiger charge is -2.30. The Morgan fingerprint density at radius 2 is 1.65 bits per heavy atom. The number of aliphatic carboxylic acids is 2. The largest absolute Gasteiger partial charge is 0.478 e. The molecule has 0 aliphatic carbocycles. The number of nitrogens with zero attached hydrogens (tertiary/aromatic N) is 2. The van der Waals surface area contributed by atoms with Crippen LogP contribution in [-0.2, 0) is 19.1 Å². The summed E-state index contributed by atoms with van der Waals surface area (Å²) in [7, 11) is 0. The number of likely N-dealkylation sites (tertiary alicyclic amines) is 1. The van der Waals surface area contributed by atoms with Crippen LogP contribution in [0.25, 0.3) is 10.9 Å². The minimum Gasteiger partial charge on any atom is -0.478 e. The summed E-state index contributed by atoms with van der Waals surface area (Å²) in [4.78, 5) is 33.4. The van der Waals surface area contributed by atoms with Gasteiger partial charge in [0.15, 0.2) is 0 Å². The van der Waals surface area contributed by atoms with Crippen molar-refractivity contribution in [1.29, 1.82) is 0 Å². The van der Waals surface area contributed by atoms with Crippen molar-refractivity contribution in [3.05, 3.63) is 41.9 Å². The molecule has 1 saturated heterocycles. The first-order valence-electron chi connectivity index (χ1n) is 14.4. The number of halogens is 1. The van der Waals surface area contributed by atoms with E-state index in [1.165, 1.54) is 44.2 Å². The maximum Gasteiger partial charge on any atom is 0.328 e. The van der Waals surface area contributed by atoms with Crippen LogP contribution in [-0.4, -0.2) is 64.4 Å². The van der Waals surface area contributed by atoms with Gasteiger partial charge in [0.05, 0.1) is 6.61 Å². The average molecular weight is 563 g/mol. The minimum absolute atomic E-state index is 0.0430. The molecule has 10 heteroatoms. The number of carboxylic acid groups (broad SMARTS) is 2. The molecule has 1 aromatic carbocycles. The highest BCUT2D eigenvalue weighted by molar-refractivity contribution is 5.89. The van der Waals surface area contributed by atoms with Crippen molar-refractivity contribution in [2.45, 2.75) is 89.9 Å². The molecular formula is C30H43FN2O7. The van der Waals surface area contributed by atoms with E-state index in [0.717, 1.165) is 69.3 Å². The third kappa shape index (κ3) is 13.2. The minimum atomic E-state index is -1.26. The highest BCUT2D eigenvalue weighted by atomic mass is 19.1. The first-order chi connectivity index (χ1) is 19.3. The van der Waals surface area contributed by atoms with Crippen molar-refractivity contribution < 1.29 is 38.2 Å². The number of fused-ring (bicyclic) bond motifs is 1. The Balaban J connectivity index is 0.000000611. The predicted octanol–water partition coefficient (Wildman–Crippen LogP) is 6.32. The average Bonchev–Trinajstić information content (AvgIpc) is 3.35. The monoisotopic (exact) mass is 562 g/mol. The van der Waals surface area contributed by atoms with E-state index in [2.05, 4.69) is 17.0 Å². The SMILES string of the molecule is CCCCCCCCCC(=O)OCCCCN1CCC(c2onc3cc(F)ccc23)CC1.O=C(O)/C=C/C(=O)O. The Hall–Kier alpha value is -3.27. The number of esters is 1. The number of carbonyl (C=O) groups excluding carboxylic acids is 1. The highest BCUT2D eigenvalue weighted by Crippen LogP contribution is 2.33. The van der Waals surface area contributed by atoms with Crippen LogP contribution >= 0.6 is 0 Å². The third-order valence-electron chi connectivity index (χ3n) is 6.91. The molecule has 0 radical (unpaired) electrons.